The molecule has 5 heteroatoms. The first kappa shape index (κ1) is 12.1. The minimum atomic E-state index is -0.559. The highest BCUT2D eigenvalue weighted by Crippen LogP contribution is 2.19. The van der Waals surface area contributed by atoms with Crippen molar-refractivity contribution in [3.8, 4) is 0 Å². The van der Waals surface area contributed by atoms with Crippen LogP contribution in [0, 0.1) is 5.82 Å². The van der Waals surface area contributed by atoms with E-state index in [4.69, 9.17) is 4.74 Å². The molecule has 15 heavy (non-hydrogen) atoms. The van der Waals surface area contributed by atoms with E-state index in [1.165, 1.54) is 19.2 Å². The van der Waals surface area contributed by atoms with Crippen molar-refractivity contribution in [2.45, 2.75) is 13.0 Å². The number of hydrogen-bond acceptors (Lipinski definition) is 2. The van der Waals surface area contributed by atoms with Crippen molar-refractivity contribution in [1.82, 2.24) is 0 Å². The number of ether oxygens (including phenoxy) is 1. The first-order valence-electron chi connectivity index (χ1n) is 4.33. The van der Waals surface area contributed by atoms with Crippen LogP contribution >= 0.6 is 15.9 Å². The van der Waals surface area contributed by atoms with Gasteiger partial charge in [-0.15, -0.1) is 0 Å². The second-order valence-electron chi connectivity index (χ2n) is 3.00. The molecule has 1 aromatic rings. The average Bonchev–Trinajstić information content (AvgIpc) is 2.22. The second-order valence-corrected chi connectivity index (χ2v) is 3.85. The number of hydrogen-bond donors (Lipinski definition) is 1. The van der Waals surface area contributed by atoms with E-state index in [2.05, 4.69) is 21.2 Å². The van der Waals surface area contributed by atoms with Gasteiger partial charge >= 0.3 is 0 Å². The van der Waals surface area contributed by atoms with Crippen LogP contribution in [0.1, 0.15) is 6.92 Å². The number of rotatable bonds is 3. The zero-order valence-electron chi connectivity index (χ0n) is 8.38. The third-order valence-corrected chi connectivity index (χ3v) is 2.55. The van der Waals surface area contributed by atoms with Gasteiger partial charge in [0.05, 0.1) is 4.47 Å². The van der Waals surface area contributed by atoms with Crippen LogP contribution in [-0.2, 0) is 9.53 Å². The monoisotopic (exact) mass is 275 g/mol. The number of carbonyl (C=O) groups is 1. The Morgan fingerprint density at radius 3 is 2.80 bits per heavy atom. The molecule has 1 amide bonds. The molecular weight excluding hydrogens is 265 g/mol. The Bertz CT molecular complexity index is 370. The van der Waals surface area contributed by atoms with Crippen molar-refractivity contribution in [3.05, 3.63) is 28.5 Å². The Hall–Kier alpha value is -0.940. The van der Waals surface area contributed by atoms with Crippen LogP contribution in [-0.4, -0.2) is 19.1 Å². The summed E-state index contributed by atoms with van der Waals surface area (Å²) < 4.78 is 18.3. The summed E-state index contributed by atoms with van der Waals surface area (Å²) >= 11 is 3.03. The molecule has 0 aliphatic rings. The standard InChI is InChI=1S/C10H11BrFNO2/c1-6(15-2)10(14)13-7-3-4-8(11)9(12)5-7/h3-6H,1-2H3,(H,13,14). The van der Waals surface area contributed by atoms with Crippen LogP contribution in [0.15, 0.2) is 22.7 Å². The number of carbonyl (C=O) groups excluding carboxylic acids is 1. The lowest BCUT2D eigenvalue weighted by atomic mass is 10.3. The van der Waals surface area contributed by atoms with E-state index < -0.39 is 11.9 Å². The van der Waals surface area contributed by atoms with Crippen LogP contribution in [0.2, 0.25) is 0 Å². The summed E-state index contributed by atoms with van der Waals surface area (Å²) in [5.41, 5.74) is 0.407. The van der Waals surface area contributed by atoms with Crippen molar-refractivity contribution in [2.24, 2.45) is 0 Å². The number of anilines is 1. The molecular formula is C10H11BrFNO2. The molecule has 1 unspecified atom stereocenters. The molecule has 1 aromatic carbocycles. The highest BCUT2D eigenvalue weighted by Gasteiger charge is 2.12. The van der Waals surface area contributed by atoms with Crippen molar-refractivity contribution in [1.29, 1.82) is 0 Å². The number of halogens is 2. The van der Waals surface area contributed by atoms with Gasteiger partial charge in [-0.1, -0.05) is 0 Å². The lowest BCUT2D eigenvalue weighted by Crippen LogP contribution is -2.26. The van der Waals surface area contributed by atoms with E-state index in [1.54, 1.807) is 13.0 Å². The fourth-order valence-electron chi connectivity index (χ4n) is 0.925. The van der Waals surface area contributed by atoms with Crippen LogP contribution in [0.4, 0.5) is 10.1 Å². The number of benzene rings is 1. The predicted octanol–water partition coefficient (Wildman–Crippen LogP) is 2.56. The van der Waals surface area contributed by atoms with Gasteiger partial charge in [-0.05, 0) is 41.1 Å². The maximum Gasteiger partial charge on any atom is 0.253 e. The predicted molar refractivity (Wildman–Crippen MR) is 59.2 cm³/mol. The SMILES string of the molecule is COC(C)C(=O)Nc1ccc(Br)c(F)c1. The van der Waals surface area contributed by atoms with Crippen molar-refractivity contribution < 1.29 is 13.9 Å². The number of methoxy groups -OCH3 is 1. The van der Waals surface area contributed by atoms with E-state index >= 15 is 0 Å². The summed E-state index contributed by atoms with van der Waals surface area (Å²) in [5.74, 6) is -0.725. The molecule has 1 atom stereocenters. The molecule has 0 radical (unpaired) electrons. The van der Waals surface area contributed by atoms with E-state index in [9.17, 15) is 9.18 Å². The maximum absolute atomic E-state index is 13.1. The molecule has 0 saturated heterocycles. The normalized spacial score (nSPS) is 12.3. The molecule has 0 aliphatic carbocycles. The third-order valence-electron chi connectivity index (χ3n) is 1.91. The van der Waals surface area contributed by atoms with E-state index in [1.807, 2.05) is 0 Å². The lowest BCUT2D eigenvalue weighted by molar-refractivity contribution is -0.124. The van der Waals surface area contributed by atoms with Gasteiger partial charge in [-0.3, -0.25) is 4.79 Å². The Morgan fingerprint density at radius 1 is 1.60 bits per heavy atom. The molecule has 0 bridgehead atoms. The van der Waals surface area contributed by atoms with Gasteiger partial charge in [-0.25, -0.2) is 4.39 Å². The van der Waals surface area contributed by atoms with Gasteiger partial charge in [0.25, 0.3) is 5.91 Å². The molecule has 0 aliphatic heterocycles. The summed E-state index contributed by atoms with van der Waals surface area (Å²) in [7, 11) is 1.44. The second kappa shape index (κ2) is 5.23. The first-order valence-corrected chi connectivity index (χ1v) is 5.12. The molecule has 1 rings (SSSR count). The van der Waals surface area contributed by atoms with E-state index in [-0.39, 0.29) is 5.91 Å². The maximum atomic E-state index is 13.1. The molecule has 0 saturated carbocycles. The Balaban J connectivity index is 2.73. The molecule has 1 N–H and O–H groups in total. The van der Waals surface area contributed by atoms with Crippen LogP contribution < -0.4 is 5.32 Å². The Labute approximate surface area is 95.7 Å². The fraction of sp³-hybridized carbons (Fsp3) is 0.300. The number of nitrogens with one attached hydrogen (secondary N) is 1. The first-order chi connectivity index (χ1) is 7.04. The van der Waals surface area contributed by atoms with Crippen LogP contribution in [0.3, 0.4) is 0 Å². The molecule has 0 aromatic heterocycles. The van der Waals surface area contributed by atoms with E-state index in [0.29, 0.717) is 10.2 Å². The van der Waals surface area contributed by atoms with Gasteiger partial charge in [0.1, 0.15) is 11.9 Å². The minimum Gasteiger partial charge on any atom is -0.372 e. The molecule has 0 heterocycles. The quantitative estimate of drug-likeness (QED) is 0.921. The molecule has 0 fully saturated rings. The summed E-state index contributed by atoms with van der Waals surface area (Å²) in [6, 6.07) is 4.38. The van der Waals surface area contributed by atoms with Crippen LogP contribution in [0.5, 0.6) is 0 Å². The summed E-state index contributed by atoms with van der Waals surface area (Å²) in [4.78, 5) is 11.4. The number of amides is 1. The van der Waals surface area contributed by atoms with Gasteiger partial charge in [-0.2, -0.15) is 0 Å². The summed E-state index contributed by atoms with van der Waals surface area (Å²) in [6.07, 6.45) is -0.559. The molecule has 82 valence electrons. The lowest BCUT2D eigenvalue weighted by Gasteiger charge is -2.10. The van der Waals surface area contributed by atoms with Gasteiger partial charge in [0.15, 0.2) is 0 Å². The largest absolute Gasteiger partial charge is 0.372 e. The topological polar surface area (TPSA) is 38.3 Å². The highest BCUT2D eigenvalue weighted by atomic mass is 79.9. The Morgan fingerprint density at radius 2 is 2.27 bits per heavy atom. The molecule has 0 spiro atoms. The van der Waals surface area contributed by atoms with Gasteiger partial charge in [0, 0.05) is 12.8 Å². The van der Waals surface area contributed by atoms with Gasteiger partial charge in [0.2, 0.25) is 0 Å². The Kier molecular flexibility index (Phi) is 4.23. The minimum absolute atomic E-state index is 0.306. The summed E-state index contributed by atoms with van der Waals surface area (Å²) in [5, 5.41) is 2.54. The van der Waals surface area contributed by atoms with E-state index in [0.717, 1.165) is 0 Å². The highest BCUT2D eigenvalue weighted by molar-refractivity contribution is 9.10. The van der Waals surface area contributed by atoms with Crippen molar-refractivity contribution in [2.75, 3.05) is 12.4 Å². The molecule has 3 nitrogen and oxygen atoms in total. The zero-order chi connectivity index (χ0) is 11.4. The third kappa shape index (κ3) is 3.28. The fourth-order valence-corrected chi connectivity index (χ4v) is 1.17. The van der Waals surface area contributed by atoms with Crippen molar-refractivity contribution >= 4 is 27.5 Å². The zero-order valence-corrected chi connectivity index (χ0v) is 9.97. The summed E-state index contributed by atoms with van der Waals surface area (Å²) in [6.45, 7) is 1.62. The smallest absolute Gasteiger partial charge is 0.253 e. The van der Waals surface area contributed by atoms with Crippen LogP contribution in [0.25, 0.3) is 0 Å². The average molecular weight is 276 g/mol. The van der Waals surface area contributed by atoms with Gasteiger partial charge < -0.3 is 10.1 Å². The van der Waals surface area contributed by atoms with Crippen molar-refractivity contribution in [3.63, 3.8) is 0 Å².